The molecule has 106 valence electrons. The van der Waals surface area contributed by atoms with Crippen LogP contribution in [0.1, 0.15) is 38.8 Å². The van der Waals surface area contributed by atoms with E-state index in [0.717, 1.165) is 5.56 Å². The van der Waals surface area contributed by atoms with E-state index in [-0.39, 0.29) is 5.41 Å². The normalized spacial score (nSPS) is 15.0. The first kappa shape index (κ1) is 15.7. The molecule has 0 aliphatic heterocycles. The second kappa shape index (κ2) is 6.17. The van der Waals surface area contributed by atoms with Gasteiger partial charge in [0.1, 0.15) is 6.04 Å². The predicted molar refractivity (Wildman–Crippen MR) is 75.1 cm³/mol. The van der Waals surface area contributed by atoms with E-state index in [1.807, 2.05) is 12.1 Å². The van der Waals surface area contributed by atoms with Gasteiger partial charge in [0.15, 0.2) is 0 Å². The van der Waals surface area contributed by atoms with Crippen molar-refractivity contribution in [2.45, 2.75) is 51.8 Å². The fourth-order valence-corrected chi connectivity index (χ4v) is 1.81. The zero-order valence-electron chi connectivity index (χ0n) is 12.0. The number of benzene rings is 1. The molecule has 0 amide bonds. The van der Waals surface area contributed by atoms with E-state index in [9.17, 15) is 9.90 Å². The molecule has 0 spiro atoms. The smallest absolute Gasteiger partial charge is 0.323 e. The molecule has 2 unspecified atom stereocenters. The quantitative estimate of drug-likeness (QED) is 0.760. The lowest BCUT2D eigenvalue weighted by Gasteiger charge is -2.20. The first-order valence-electron chi connectivity index (χ1n) is 6.45. The van der Waals surface area contributed by atoms with Gasteiger partial charge in [-0.2, -0.15) is 0 Å². The fraction of sp³-hybridized carbons (Fsp3) is 0.533. The highest BCUT2D eigenvalue weighted by Crippen LogP contribution is 2.22. The van der Waals surface area contributed by atoms with Gasteiger partial charge >= 0.3 is 5.97 Å². The molecule has 0 saturated carbocycles. The van der Waals surface area contributed by atoms with Gasteiger partial charge in [-0.3, -0.25) is 10.1 Å². The lowest BCUT2D eigenvalue weighted by atomic mass is 9.87. The summed E-state index contributed by atoms with van der Waals surface area (Å²) in [6, 6.07) is 7.12. The molecule has 0 heterocycles. The molecule has 0 aromatic heterocycles. The highest BCUT2D eigenvalue weighted by molar-refractivity contribution is 5.74. The fourth-order valence-electron chi connectivity index (χ4n) is 1.81. The van der Waals surface area contributed by atoms with Crippen LogP contribution >= 0.6 is 0 Å². The van der Waals surface area contributed by atoms with Gasteiger partial charge in [0.25, 0.3) is 0 Å². The zero-order chi connectivity index (χ0) is 14.6. The summed E-state index contributed by atoms with van der Waals surface area (Å²) in [6.45, 7) is 8.33. The third kappa shape index (κ3) is 4.65. The maximum atomic E-state index is 10.9. The van der Waals surface area contributed by atoms with E-state index >= 15 is 0 Å². The van der Waals surface area contributed by atoms with Crippen molar-refractivity contribution in [3.05, 3.63) is 35.4 Å². The average Bonchev–Trinajstić information content (AvgIpc) is 2.27. The van der Waals surface area contributed by atoms with Crippen molar-refractivity contribution >= 4 is 5.97 Å². The molecule has 0 radical (unpaired) electrons. The standard InChI is InChI=1S/C15H23NO3/c1-10(17)13(14(18)19)16-9-11-5-7-12(8-6-11)15(2,3)4/h5-8,10,13,16-17H,9H2,1-4H3,(H,18,19). The van der Waals surface area contributed by atoms with Gasteiger partial charge in [-0.15, -0.1) is 0 Å². The Hall–Kier alpha value is -1.39. The SMILES string of the molecule is CC(O)C(NCc1ccc(C(C)(C)C)cc1)C(=O)O. The summed E-state index contributed by atoms with van der Waals surface area (Å²) in [5.41, 5.74) is 2.34. The molecule has 2 atom stereocenters. The van der Waals surface area contributed by atoms with Gasteiger partial charge in [0, 0.05) is 6.54 Å². The molecule has 0 aliphatic carbocycles. The minimum atomic E-state index is -1.04. The van der Waals surface area contributed by atoms with Crippen LogP contribution in [0.25, 0.3) is 0 Å². The van der Waals surface area contributed by atoms with Crippen LogP contribution < -0.4 is 5.32 Å². The topological polar surface area (TPSA) is 69.6 Å². The zero-order valence-corrected chi connectivity index (χ0v) is 12.0. The minimum absolute atomic E-state index is 0.106. The number of carboxylic acids is 1. The number of rotatable bonds is 5. The number of hydrogen-bond acceptors (Lipinski definition) is 3. The Morgan fingerprint density at radius 2 is 1.79 bits per heavy atom. The first-order chi connectivity index (χ1) is 8.71. The number of aliphatic carboxylic acids is 1. The minimum Gasteiger partial charge on any atom is -0.480 e. The molecule has 1 aromatic rings. The molecular formula is C15H23NO3. The highest BCUT2D eigenvalue weighted by Gasteiger charge is 2.22. The molecule has 0 bridgehead atoms. The summed E-state index contributed by atoms with van der Waals surface area (Å²) in [5.74, 6) is -1.04. The van der Waals surface area contributed by atoms with Crippen molar-refractivity contribution in [3.8, 4) is 0 Å². The van der Waals surface area contributed by atoms with Crippen molar-refractivity contribution in [3.63, 3.8) is 0 Å². The summed E-state index contributed by atoms with van der Waals surface area (Å²) in [5, 5.41) is 21.2. The lowest BCUT2D eigenvalue weighted by molar-refractivity contribution is -0.142. The monoisotopic (exact) mass is 265 g/mol. The number of aliphatic hydroxyl groups is 1. The van der Waals surface area contributed by atoms with Crippen molar-refractivity contribution in [2.75, 3.05) is 0 Å². The second-order valence-corrected chi connectivity index (χ2v) is 5.88. The summed E-state index contributed by atoms with van der Waals surface area (Å²) in [7, 11) is 0. The molecular weight excluding hydrogens is 242 g/mol. The predicted octanol–water partition coefficient (Wildman–Crippen LogP) is 1.91. The largest absolute Gasteiger partial charge is 0.480 e. The number of aliphatic hydroxyl groups excluding tert-OH is 1. The van der Waals surface area contributed by atoms with Crippen molar-refractivity contribution in [2.24, 2.45) is 0 Å². The number of carbonyl (C=O) groups is 1. The van der Waals surface area contributed by atoms with Crippen LogP contribution in [-0.2, 0) is 16.8 Å². The van der Waals surface area contributed by atoms with Crippen molar-refractivity contribution in [1.82, 2.24) is 5.32 Å². The third-order valence-electron chi connectivity index (χ3n) is 3.09. The van der Waals surface area contributed by atoms with E-state index in [1.54, 1.807) is 0 Å². The van der Waals surface area contributed by atoms with E-state index in [2.05, 4.69) is 38.2 Å². The average molecular weight is 265 g/mol. The molecule has 0 aliphatic rings. The van der Waals surface area contributed by atoms with Crippen LogP contribution in [0, 0.1) is 0 Å². The molecule has 19 heavy (non-hydrogen) atoms. The molecule has 0 saturated heterocycles. The maximum Gasteiger partial charge on any atom is 0.323 e. The number of nitrogens with one attached hydrogen (secondary N) is 1. The maximum absolute atomic E-state index is 10.9. The van der Waals surface area contributed by atoms with E-state index in [0.29, 0.717) is 6.54 Å². The van der Waals surface area contributed by atoms with Gasteiger partial charge in [-0.25, -0.2) is 0 Å². The van der Waals surface area contributed by atoms with Gasteiger partial charge in [-0.05, 0) is 23.5 Å². The van der Waals surface area contributed by atoms with Crippen LogP contribution in [0.3, 0.4) is 0 Å². The Balaban J connectivity index is 2.66. The molecule has 4 heteroatoms. The van der Waals surface area contributed by atoms with Gasteiger partial charge < -0.3 is 10.2 Å². The van der Waals surface area contributed by atoms with Crippen molar-refractivity contribution in [1.29, 1.82) is 0 Å². The summed E-state index contributed by atoms with van der Waals surface area (Å²) >= 11 is 0. The lowest BCUT2D eigenvalue weighted by Crippen LogP contribution is -2.44. The van der Waals surface area contributed by atoms with Crippen LogP contribution in [0.5, 0.6) is 0 Å². The van der Waals surface area contributed by atoms with Crippen LogP contribution in [0.4, 0.5) is 0 Å². The first-order valence-corrected chi connectivity index (χ1v) is 6.45. The Morgan fingerprint density at radius 3 is 2.16 bits per heavy atom. The molecule has 4 nitrogen and oxygen atoms in total. The number of hydrogen-bond donors (Lipinski definition) is 3. The summed E-state index contributed by atoms with van der Waals surface area (Å²) in [6.07, 6.45) is -0.925. The molecule has 0 fully saturated rings. The van der Waals surface area contributed by atoms with Crippen LogP contribution in [0.15, 0.2) is 24.3 Å². The van der Waals surface area contributed by atoms with Gasteiger partial charge in [-0.1, -0.05) is 45.0 Å². The second-order valence-electron chi connectivity index (χ2n) is 5.88. The van der Waals surface area contributed by atoms with E-state index in [1.165, 1.54) is 12.5 Å². The summed E-state index contributed by atoms with van der Waals surface area (Å²) in [4.78, 5) is 10.9. The van der Waals surface area contributed by atoms with Gasteiger partial charge in [0.05, 0.1) is 6.10 Å². The third-order valence-corrected chi connectivity index (χ3v) is 3.09. The Bertz CT molecular complexity index is 418. The number of carboxylic acid groups (broad SMARTS) is 1. The van der Waals surface area contributed by atoms with Crippen LogP contribution in [0.2, 0.25) is 0 Å². The Labute approximate surface area is 114 Å². The Morgan fingerprint density at radius 1 is 1.26 bits per heavy atom. The molecule has 1 aromatic carbocycles. The highest BCUT2D eigenvalue weighted by atomic mass is 16.4. The Kier molecular flexibility index (Phi) is 5.09. The van der Waals surface area contributed by atoms with Crippen molar-refractivity contribution < 1.29 is 15.0 Å². The van der Waals surface area contributed by atoms with E-state index in [4.69, 9.17) is 5.11 Å². The van der Waals surface area contributed by atoms with Gasteiger partial charge in [0.2, 0.25) is 0 Å². The molecule has 3 N–H and O–H groups in total. The van der Waals surface area contributed by atoms with E-state index < -0.39 is 18.1 Å². The van der Waals surface area contributed by atoms with Crippen LogP contribution in [-0.4, -0.2) is 28.3 Å². The summed E-state index contributed by atoms with van der Waals surface area (Å²) < 4.78 is 0. The molecule has 1 rings (SSSR count).